The molecule has 0 saturated carbocycles. The molecule has 1 atom stereocenters. The molecular formula is C21H25N3O2S2. The predicted octanol–water partition coefficient (Wildman–Crippen LogP) is 4.62. The third-order valence-electron chi connectivity index (χ3n) is 4.78. The van der Waals surface area contributed by atoms with Crippen LogP contribution in [-0.2, 0) is 22.4 Å². The molecule has 3 heterocycles. The van der Waals surface area contributed by atoms with Crippen molar-refractivity contribution in [2.45, 2.75) is 62.6 Å². The summed E-state index contributed by atoms with van der Waals surface area (Å²) in [5, 5.41) is 4.64. The van der Waals surface area contributed by atoms with E-state index < -0.39 is 0 Å². The van der Waals surface area contributed by atoms with Crippen LogP contribution in [0, 0.1) is 0 Å². The maximum absolute atomic E-state index is 13.1. The molecular weight excluding hydrogens is 390 g/mol. The first-order valence-corrected chi connectivity index (χ1v) is 11.5. The summed E-state index contributed by atoms with van der Waals surface area (Å²) in [6.45, 7) is 7.85. The Labute approximate surface area is 173 Å². The molecule has 1 aliphatic rings. The summed E-state index contributed by atoms with van der Waals surface area (Å²) in [5.41, 5.74) is 1.84. The Balaban J connectivity index is 1.64. The Morgan fingerprint density at radius 3 is 2.82 bits per heavy atom. The first kappa shape index (κ1) is 19.6. The number of thiazole rings is 1. The average molecular weight is 416 g/mol. The van der Waals surface area contributed by atoms with E-state index in [1.807, 2.05) is 24.3 Å². The molecule has 0 spiro atoms. The Kier molecular flexibility index (Phi) is 5.58. The predicted molar refractivity (Wildman–Crippen MR) is 115 cm³/mol. The highest BCUT2D eigenvalue weighted by Gasteiger charge is 2.21. The SMILES string of the molecule is CC(C)(C)c1nc(CSc2nc3ccccc3c(=O)n2CC2CCCO2)cs1. The molecule has 1 fully saturated rings. The zero-order chi connectivity index (χ0) is 19.7. The zero-order valence-electron chi connectivity index (χ0n) is 16.5. The fourth-order valence-electron chi connectivity index (χ4n) is 3.27. The third kappa shape index (κ3) is 4.16. The van der Waals surface area contributed by atoms with Gasteiger partial charge in [0.1, 0.15) is 0 Å². The van der Waals surface area contributed by atoms with E-state index >= 15 is 0 Å². The fourth-order valence-corrected chi connectivity index (χ4v) is 5.18. The summed E-state index contributed by atoms with van der Waals surface area (Å²) in [6.07, 6.45) is 2.13. The quantitative estimate of drug-likeness (QED) is 0.449. The second-order valence-corrected chi connectivity index (χ2v) is 9.95. The first-order valence-electron chi connectivity index (χ1n) is 9.61. The van der Waals surface area contributed by atoms with Crippen LogP contribution >= 0.6 is 23.1 Å². The van der Waals surface area contributed by atoms with Crippen LogP contribution < -0.4 is 5.56 Å². The molecule has 2 aromatic heterocycles. The number of fused-ring (bicyclic) bond motifs is 1. The number of hydrogen-bond acceptors (Lipinski definition) is 6. The van der Waals surface area contributed by atoms with E-state index in [0.29, 0.717) is 17.7 Å². The highest BCUT2D eigenvalue weighted by Crippen LogP contribution is 2.29. The number of hydrogen-bond donors (Lipinski definition) is 0. The molecule has 0 amide bonds. The van der Waals surface area contributed by atoms with Crippen LogP contribution in [0.1, 0.15) is 44.3 Å². The van der Waals surface area contributed by atoms with E-state index in [9.17, 15) is 4.79 Å². The molecule has 148 valence electrons. The van der Waals surface area contributed by atoms with Gasteiger partial charge in [0.2, 0.25) is 0 Å². The number of nitrogens with zero attached hydrogens (tertiary/aromatic N) is 3. The molecule has 5 nitrogen and oxygen atoms in total. The molecule has 0 bridgehead atoms. The van der Waals surface area contributed by atoms with E-state index in [4.69, 9.17) is 14.7 Å². The molecule has 28 heavy (non-hydrogen) atoms. The van der Waals surface area contributed by atoms with Crippen molar-refractivity contribution in [1.29, 1.82) is 0 Å². The van der Waals surface area contributed by atoms with Crippen LogP contribution in [0.3, 0.4) is 0 Å². The van der Waals surface area contributed by atoms with Crippen LogP contribution in [0.25, 0.3) is 10.9 Å². The molecule has 7 heteroatoms. The van der Waals surface area contributed by atoms with E-state index in [0.717, 1.165) is 40.8 Å². The number of rotatable bonds is 5. The summed E-state index contributed by atoms with van der Waals surface area (Å²) in [7, 11) is 0. The number of para-hydroxylation sites is 1. The van der Waals surface area contributed by atoms with Gasteiger partial charge in [-0.15, -0.1) is 11.3 Å². The summed E-state index contributed by atoms with van der Waals surface area (Å²) in [6, 6.07) is 7.56. The lowest BCUT2D eigenvalue weighted by molar-refractivity contribution is 0.0937. The maximum atomic E-state index is 13.1. The van der Waals surface area contributed by atoms with E-state index in [-0.39, 0.29) is 17.1 Å². The van der Waals surface area contributed by atoms with E-state index in [1.54, 1.807) is 27.7 Å². The molecule has 0 aliphatic carbocycles. The molecule has 0 N–H and O–H groups in total. The highest BCUT2D eigenvalue weighted by molar-refractivity contribution is 7.98. The van der Waals surface area contributed by atoms with Crippen molar-refractivity contribution in [2.24, 2.45) is 0 Å². The van der Waals surface area contributed by atoms with Crippen LogP contribution in [0.2, 0.25) is 0 Å². The average Bonchev–Trinajstić information content (AvgIpc) is 3.34. The minimum atomic E-state index is 0.0114. The molecule has 1 aliphatic heterocycles. The van der Waals surface area contributed by atoms with Crippen LogP contribution in [-0.4, -0.2) is 27.2 Å². The smallest absolute Gasteiger partial charge is 0.262 e. The standard InChI is InChI=1S/C21H25N3O2S2/c1-21(2,3)19-22-14(12-27-19)13-28-20-23-17-9-5-4-8-16(17)18(25)24(20)11-15-7-6-10-26-15/h4-5,8-9,12,15H,6-7,10-11,13H2,1-3H3. The van der Waals surface area contributed by atoms with Crippen molar-refractivity contribution in [3.63, 3.8) is 0 Å². The highest BCUT2D eigenvalue weighted by atomic mass is 32.2. The fraction of sp³-hybridized carbons (Fsp3) is 0.476. The largest absolute Gasteiger partial charge is 0.376 e. The summed E-state index contributed by atoms with van der Waals surface area (Å²) < 4.78 is 7.57. The number of aromatic nitrogens is 3. The Bertz CT molecular complexity index is 1030. The van der Waals surface area contributed by atoms with Gasteiger partial charge >= 0.3 is 0 Å². The minimum Gasteiger partial charge on any atom is -0.376 e. The van der Waals surface area contributed by atoms with Gasteiger partial charge in [0.15, 0.2) is 5.16 Å². The van der Waals surface area contributed by atoms with E-state index in [2.05, 4.69) is 26.2 Å². The van der Waals surface area contributed by atoms with Crippen molar-refractivity contribution in [1.82, 2.24) is 14.5 Å². The van der Waals surface area contributed by atoms with Gasteiger partial charge in [-0.1, -0.05) is 44.7 Å². The number of benzene rings is 1. The minimum absolute atomic E-state index is 0.0114. The summed E-state index contributed by atoms with van der Waals surface area (Å²) in [4.78, 5) is 22.7. The van der Waals surface area contributed by atoms with Gasteiger partial charge < -0.3 is 4.74 Å². The van der Waals surface area contributed by atoms with E-state index in [1.165, 1.54) is 0 Å². The van der Waals surface area contributed by atoms with Gasteiger partial charge in [0.25, 0.3) is 5.56 Å². The molecule has 1 saturated heterocycles. The van der Waals surface area contributed by atoms with Gasteiger partial charge in [0, 0.05) is 23.2 Å². The van der Waals surface area contributed by atoms with Crippen molar-refractivity contribution in [3.8, 4) is 0 Å². The Morgan fingerprint density at radius 1 is 1.29 bits per heavy atom. The Morgan fingerprint density at radius 2 is 2.11 bits per heavy atom. The maximum Gasteiger partial charge on any atom is 0.262 e. The number of ether oxygens (including phenoxy) is 1. The van der Waals surface area contributed by atoms with Gasteiger partial charge in [-0.25, -0.2) is 9.97 Å². The lowest BCUT2D eigenvalue weighted by Gasteiger charge is -2.16. The van der Waals surface area contributed by atoms with Gasteiger partial charge in [0.05, 0.1) is 34.3 Å². The first-order chi connectivity index (χ1) is 13.4. The lowest BCUT2D eigenvalue weighted by Crippen LogP contribution is -2.28. The molecule has 3 aromatic rings. The van der Waals surface area contributed by atoms with Gasteiger partial charge in [-0.3, -0.25) is 9.36 Å². The molecule has 0 radical (unpaired) electrons. The summed E-state index contributed by atoms with van der Waals surface area (Å²) >= 11 is 3.27. The molecule has 1 aromatic carbocycles. The molecule has 1 unspecified atom stereocenters. The van der Waals surface area contributed by atoms with Crippen LogP contribution in [0.4, 0.5) is 0 Å². The Hall–Kier alpha value is -1.70. The van der Waals surface area contributed by atoms with Crippen LogP contribution in [0.5, 0.6) is 0 Å². The van der Waals surface area contributed by atoms with Crippen molar-refractivity contribution < 1.29 is 4.74 Å². The second-order valence-electron chi connectivity index (χ2n) is 8.14. The molecule has 4 rings (SSSR count). The second kappa shape index (κ2) is 7.97. The monoisotopic (exact) mass is 415 g/mol. The van der Waals surface area contributed by atoms with Crippen molar-refractivity contribution >= 4 is 34.0 Å². The topological polar surface area (TPSA) is 57.0 Å². The third-order valence-corrected chi connectivity index (χ3v) is 7.11. The lowest BCUT2D eigenvalue weighted by atomic mass is 9.98. The van der Waals surface area contributed by atoms with Gasteiger partial charge in [-0.2, -0.15) is 0 Å². The normalized spacial score (nSPS) is 17.5. The number of thioether (sulfide) groups is 1. The van der Waals surface area contributed by atoms with Gasteiger partial charge in [-0.05, 0) is 25.0 Å². The zero-order valence-corrected chi connectivity index (χ0v) is 18.1. The van der Waals surface area contributed by atoms with Crippen molar-refractivity contribution in [3.05, 3.63) is 50.7 Å². The summed E-state index contributed by atoms with van der Waals surface area (Å²) in [5.74, 6) is 0.697. The van der Waals surface area contributed by atoms with Crippen molar-refractivity contribution in [2.75, 3.05) is 6.61 Å². The van der Waals surface area contributed by atoms with Crippen LogP contribution in [0.15, 0.2) is 39.6 Å².